The summed E-state index contributed by atoms with van der Waals surface area (Å²) in [7, 11) is 0. The average molecular weight is 366 g/mol. The van der Waals surface area contributed by atoms with Crippen molar-refractivity contribution in [3.63, 3.8) is 0 Å². The average Bonchev–Trinajstić information content (AvgIpc) is 2.68. The molecule has 0 fully saturated rings. The van der Waals surface area contributed by atoms with Crippen LogP contribution in [0.25, 0.3) is 0 Å². The largest absolute Gasteiger partial charge is 0.490 e. The number of nitrogens with zero attached hydrogens (tertiary/aromatic N) is 1. The number of benzene rings is 3. The number of hydrogen-bond donors (Lipinski definition) is 0. The second-order valence-electron chi connectivity index (χ2n) is 5.65. The summed E-state index contributed by atoms with van der Waals surface area (Å²) in [5.41, 5.74) is 2.91. The Labute approximate surface area is 158 Å². The van der Waals surface area contributed by atoms with Crippen LogP contribution in [0.5, 0.6) is 11.5 Å². The van der Waals surface area contributed by atoms with Gasteiger partial charge in [0.1, 0.15) is 6.61 Å². The lowest BCUT2D eigenvalue weighted by atomic mass is 10.2. The molecule has 0 saturated carbocycles. The van der Waals surface area contributed by atoms with E-state index < -0.39 is 0 Å². The van der Waals surface area contributed by atoms with Crippen molar-refractivity contribution in [3.8, 4) is 11.5 Å². The lowest BCUT2D eigenvalue weighted by molar-refractivity contribution is 0.269. The Hall–Kier alpha value is -2.78. The predicted molar refractivity (Wildman–Crippen MR) is 107 cm³/mol. The van der Waals surface area contributed by atoms with E-state index in [2.05, 4.69) is 4.99 Å². The molecule has 4 heteroatoms. The van der Waals surface area contributed by atoms with Crippen molar-refractivity contribution in [1.29, 1.82) is 0 Å². The Balaban J connectivity index is 1.73. The highest BCUT2D eigenvalue weighted by Crippen LogP contribution is 2.29. The van der Waals surface area contributed by atoms with Crippen LogP contribution in [0.1, 0.15) is 18.1 Å². The van der Waals surface area contributed by atoms with Gasteiger partial charge in [0.25, 0.3) is 0 Å². The smallest absolute Gasteiger partial charge is 0.161 e. The fraction of sp³-hybridized carbons (Fsp3) is 0.136. The first-order valence-corrected chi connectivity index (χ1v) is 8.85. The molecule has 0 aliphatic rings. The van der Waals surface area contributed by atoms with Gasteiger partial charge in [0.2, 0.25) is 0 Å². The zero-order valence-electron chi connectivity index (χ0n) is 14.6. The predicted octanol–water partition coefficient (Wildman–Crippen LogP) is 6.07. The Bertz CT molecular complexity index is 861. The van der Waals surface area contributed by atoms with Gasteiger partial charge in [-0.25, -0.2) is 0 Å². The van der Waals surface area contributed by atoms with Crippen molar-refractivity contribution in [1.82, 2.24) is 0 Å². The number of ether oxygens (including phenoxy) is 2. The van der Waals surface area contributed by atoms with E-state index >= 15 is 0 Å². The lowest BCUT2D eigenvalue weighted by Crippen LogP contribution is -2.00. The van der Waals surface area contributed by atoms with E-state index in [1.807, 2.05) is 85.9 Å². The van der Waals surface area contributed by atoms with Gasteiger partial charge in [-0.05, 0) is 60.5 Å². The molecule has 0 bridgehead atoms. The minimum Gasteiger partial charge on any atom is -0.490 e. The van der Waals surface area contributed by atoms with Crippen LogP contribution in [-0.2, 0) is 6.61 Å². The minimum absolute atomic E-state index is 0.453. The van der Waals surface area contributed by atoms with Crippen molar-refractivity contribution in [2.24, 2.45) is 4.99 Å². The first-order valence-electron chi connectivity index (χ1n) is 8.48. The van der Waals surface area contributed by atoms with E-state index in [-0.39, 0.29) is 0 Å². The number of aliphatic imine (C=N–C) groups is 1. The topological polar surface area (TPSA) is 30.8 Å². The van der Waals surface area contributed by atoms with Crippen LogP contribution in [-0.4, -0.2) is 12.8 Å². The van der Waals surface area contributed by atoms with Gasteiger partial charge in [0.15, 0.2) is 11.5 Å². The maximum absolute atomic E-state index is 5.92. The van der Waals surface area contributed by atoms with E-state index in [1.54, 1.807) is 0 Å². The molecule has 3 aromatic rings. The maximum atomic E-state index is 5.92. The molecule has 132 valence electrons. The van der Waals surface area contributed by atoms with Crippen molar-refractivity contribution in [2.45, 2.75) is 13.5 Å². The third-order valence-corrected chi connectivity index (χ3v) is 3.95. The Morgan fingerprint density at radius 3 is 2.38 bits per heavy atom. The summed E-state index contributed by atoms with van der Waals surface area (Å²) in [6.45, 7) is 2.97. The quantitative estimate of drug-likeness (QED) is 0.476. The Morgan fingerprint density at radius 2 is 1.65 bits per heavy atom. The number of halogens is 1. The molecule has 0 aromatic heterocycles. The molecule has 3 nitrogen and oxygen atoms in total. The monoisotopic (exact) mass is 365 g/mol. The number of para-hydroxylation sites is 1. The van der Waals surface area contributed by atoms with E-state index in [9.17, 15) is 0 Å². The first-order chi connectivity index (χ1) is 12.7. The zero-order valence-corrected chi connectivity index (χ0v) is 15.3. The van der Waals surface area contributed by atoms with Gasteiger partial charge >= 0.3 is 0 Å². The van der Waals surface area contributed by atoms with Crippen molar-refractivity contribution < 1.29 is 9.47 Å². The Morgan fingerprint density at radius 1 is 0.885 bits per heavy atom. The van der Waals surface area contributed by atoms with E-state index in [0.717, 1.165) is 16.8 Å². The summed E-state index contributed by atoms with van der Waals surface area (Å²) in [6.07, 6.45) is 1.82. The zero-order chi connectivity index (χ0) is 18.2. The summed E-state index contributed by atoms with van der Waals surface area (Å²) in [6, 6.07) is 23.2. The molecule has 0 unspecified atom stereocenters. The number of hydrogen-bond acceptors (Lipinski definition) is 3. The van der Waals surface area contributed by atoms with Gasteiger partial charge in [0.05, 0.1) is 12.3 Å². The van der Waals surface area contributed by atoms with Crippen LogP contribution in [0.2, 0.25) is 5.02 Å². The van der Waals surface area contributed by atoms with E-state index in [4.69, 9.17) is 21.1 Å². The molecule has 0 spiro atoms. The van der Waals surface area contributed by atoms with Crippen LogP contribution < -0.4 is 9.47 Å². The molecule has 3 aromatic carbocycles. The lowest BCUT2D eigenvalue weighted by Gasteiger charge is -2.12. The number of rotatable bonds is 7. The van der Waals surface area contributed by atoms with Gasteiger partial charge in [-0.1, -0.05) is 41.9 Å². The van der Waals surface area contributed by atoms with Gasteiger partial charge < -0.3 is 9.47 Å². The molecule has 0 heterocycles. The van der Waals surface area contributed by atoms with Crippen LogP contribution in [0.4, 0.5) is 5.69 Å². The van der Waals surface area contributed by atoms with E-state index in [1.165, 1.54) is 0 Å². The van der Waals surface area contributed by atoms with Crippen LogP contribution in [0.3, 0.4) is 0 Å². The second kappa shape index (κ2) is 9.07. The second-order valence-corrected chi connectivity index (χ2v) is 6.08. The van der Waals surface area contributed by atoms with Crippen LogP contribution in [0.15, 0.2) is 77.8 Å². The first kappa shape index (κ1) is 18.0. The molecule has 0 aliphatic heterocycles. The van der Waals surface area contributed by atoms with Crippen LogP contribution >= 0.6 is 11.6 Å². The summed E-state index contributed by atoms with van der Waals surface area (Å²) in [5.74, 6) is 1.41. The summed E-state index contributed by atoms with van der Waals surface area (Å²) in [4.78, 5) is 4.48. The summed E-state index contributed by atoms with van der Waals surface area (Å²) in [5, 5.41) is 0.714. The molecule has 0 N–H and O–H groups in total. The fourth-order valence-electron chi connectivity index (χ4n) is 2.40. The third-order valence-electron chi connectivity index (χ3n) is 3.69. The SMILES string of the molecule is CCOc1cc(C=Nc2ccccc2)ccc1OCc1ccc(Cl)cc1. The normalized spacial score (nSPS) is 10.8. The molecular formula is C22H20ClNO2. The van der Waals surface area contributed by atoms with E-state index in [0.29, 0.717) is 29.7 Å². The van der Waals surface area contributed by atoms with Crippen molar-refractivity contribution in [3.05, 3.63) is 88.9 Å². The van der Waals surface area contributed by atoms with Gasteiger partial charge in [-0.2, -0.15) is 0 Å². The van der Waals surface area contributed by atoms with Crippen molar-refractivity contribution in [2.75, 3.05) is 6.61 Å². The molecule has 26 heavy (non-hydrogen) atoms. The standard InChI is InChI=1S/C22H20ClNO2/c1-2-25-22-14-18(15-24-20-6-4-3-5-7-20)10-13-21(22)26-16-17-8-11-19(23)12-9-17/h3-15H,2,16H2,1H3. The molecule has 0 saturated heterocycles. The molecule has 0 amide bonds. The maximum Gasteiger partial charge on any atom is 0.161 e. The highest BCUT2D eigenvalue weighted by molar-refractivity contribution is 6.30. The summed E-state index contributed by atoms with van der Waals surface area (Å²) >= 11 is 5.91. The van der Waals surface area contributed by atoms with Crippen LogP contribution in [0, 0.1) is 0 Å². The van der Waals surface area contributed by atoms with Gasteiger partial charge in [-0.3, -0.25) is 4.99 Å². The van der Waals surface area contributed by atoms with Gasteiger partial charge in [0, 0.05) is 11.2 Å². The molecule has 0 atom stereocenters. The van der Waals surface area contributed by atoms with Gasteiger partial charge in [-0.15, -0.1) is 0 Å². The molecule has 0 radical (unpaired) electrons. The fourth-order valence-corrected chi connectivity index (χ4v) is 2.52. The third kappa shape index (κ3) is 5.11. The molecular weight excluding hydrogens is 346 g/mol. The molecule has 0 aliphatic carbocycles. The highest BCUT2D eigenvalue weighted by Gasteiger charge is 2.06. The summed E-state index contributed by atoms with van der Waals surface area (Å²) < 4.78 is 11.7. The van der Waals surface area contributed by atoms with Crippen molar-refractivity contribution >= 4 is 23.5 Å². The minimum atomic E-state index is 0.453. The highest BCUT2D eigenvalue weighted by atomic mass is 35.5. The Kier molecular flexibility index (Phi) is 6.29. The molecule has 3 rings (SSSR count).